The first kappa shape index (κ1) is 16.8. The third-order valence-electron chi connectivity index (χ3n) is 5.07. The van der Waals surface area contributed by atoms with Crippen molar-refractivity contribution in [3.8, 4) is 11.1 Å². The highest BCUT2D eigenvalue weighted by atomic mass is 19.2. The van der Waals surface area contributed by atoms with Crippen LogP contribution in [0.15, 0.2) is 30.7 Å². The number of benzene rings is 1. The van der Waals surface area contributed by atoms with Gasteiger partial charge in [0.2, 0.25) is 5.91 Å². The van der Waals surface area contributed by atoms with Crippen LogP contribution in [0, 0.1) is 24.5 Å². The summed E-state index contributed by atoms with van der Waals surface area (Å²) >= 11 is 0. The summed E-state index contributed by atoms with van der Waals surface area (Å²) in [5, 5.41) is 9.38. The first-order valence-corrected chi connectivity index (χ1v) is 8.68. The van der Waals surface area contributed by atoms with E-state index in [1.807, 2.05) is 0 Å². The van der Waals surface area contributed by atoms with Crippen LogP contribution in [-0.4, -0.2) is 31.7 Å². The Balaban J connectivity index is 1.58. The van der Waals surface area contributed by atoms with Gasteiger partial charge in [-0.1, -0.05) is 0 Å². The summed E-state index contributed by atoms with van der Waals surface area (Å²) in [5.74, 6) is -2.60. The number of hydrogen-bond donors (Lipinski definition) is 2. The average molecular weight is 385 g/mol. The molecule has 1 saturated carbocycles. The number of pyridine rings is 1. The summed E-state index contributed by atoms with van der Waals surface area (Å²) in [6.45, 7) is 1.51. The molecule has 0 unspecified atom stereocenters. The van der Waals surface area contributed by atoms with Crippen LogP contribution < -0.4 is 5.32 Å². The van der Waals surface area contributed by atoms with Crippen molar-refractivity contribution in [3.05, 3.63) is 47.9 Å². The van der Waals surface area contributed by atoms with Gasteiger partial charge in [-0.05, 0) is 36.6 Å². The quantitative estimate of drug-likeness (QED) is 0.564. The van der Waals surface area contributed by atoms with Gasteiger partial charge >= 0.3 is 0 Å². The first-order valence-electron chi connectivity index (χ1n) is 8.68. The number of hydrogen-bond acceptors (Lipinski definition) is 3. The van der Waals surface area contributed by atoms with Gasteiger partial charge in [0.05, 0.1) is 18.3 Å². The number of aromatic amines is 1. The maximum absolute atomic E-state index is 14.3. The Labute approximate surface area is 156 Å². The number of nitrogens with zero attached hydrogens (tertiary/aromatic N) is 3. The summed E-state index contributed by atoms with van der Waals surface area (Å²) in [4.78, 5) is 16.2. The molecule has 3 aromatic heterocycles. The highest BCUT2D eigenvalue weighted by Gasteiger charge is 2.43. The fraction of sp³-hybridized carbons (Fsp3) is 0.211. The lowest BCUT2D eigenvalue weighted by molar-refractivity contribution is -0.117. The van der Waals surface area contributed by atoms with Crippen LogP contribution in [0.2, 0.25) is 0 Å². The number of imidazole rings is 1. The number of nitrogens with one attached hydrogen (secondary N) is 2. The zero-order valence-corrected chi connectivity index (χ0v) is 14.6. The van der Waals surface area contributed by atoms with Crippen molar-refractivity contribution < 1.29 is 18.0 Å². The number of alkyl halides is 1. The molecule has 0 radical (unpaired) electrons. The number of H-pyrrole nitrogens is 1. The van der Waals surface area contributed by atoms with Gasteiger partial charge in [-0.2, -0.15) is 5.10 Å². The lowest BCUT2D eigenvalue weighted by atomic mass is 9.97. The van der Waals surface area contributed by atoms with Gasteiger partial charge in [0.15, 0.2) is 17.5 Å². The van der Waals surface area contributed by atoms with Crippen LogP contribution in [0.3, 0.4) is 0 Å². The highest BCUT2D eigenvalue weighted by molar-refractivity contribution is 5.97. The minimum atomic E-state index is -1.09. The summed E-state index contributed by atoms with van der Waals surface area (Å²) in [6, 6.07) is 3.44. The molecule has 1 aromatic carbocycles. The lowest BCUT2D eigenvalue weighted by Gasteiger charge is -2.10. The Morgan fingerprint density at radius 1 is 1.29 bits per heavy atom. The number of amides is 1. The molecule has 0 bridgehead atoms. The van der Waals surface area contributed by atoms with Crippen molar-refractivity contribution in [1.29, 1.82) is 0 Å². The minimum absolute atomic E-state index is 0.00184. The van der Waals surface area contributed by atoms with Gasteiger partial charge in [0.25, 0.3) is 0 Å². The van der Waals surface area contributed by atoms with Gasteiger partial charge in [-0.3, -0.25) is 9.89 Å². The molecular weight excluding hydrogens is 371 g/mol. The molecule has 1 fully saturated rings. The van der Waals surface area contributed by atoms with E-state index in [0.717, 1.165) is 0 Å². The standard InChI is InChI=1S/C19H14F3N5O/c1-8-15(11-5-23-26-18(11)17(22)16(8)21)9-2-3-14-24-13(7-27(14)6-9)25-19(28)10-4-12(10)20/h2-3,5-7,10,12H,4H2,1H3,(H,23,26)(H,25,28)/t10-,12+/m1/s1. The Morgan fingerprint density at radius 2 is 2.07 bits per heavy atom. The molecule has 0 aliphatic heterocycles. The third kappa shape index (κ3) is 2.46. The van der Waals surface area contributed by atoms with Crippen molar-refractivity contribution in [2.24, 2.45) is 5.92 Å². The van der Waals surface area contributed by atoms with E-state index in [-0.39, 0.29) is 17.5 Å². The number of halogens is 3. The number of fused-ring (bicyclic) bond motifs is 2. The van der Waals surface area contributed by atoms with Crippen LogP contribution in [0.5, 0.6) is 0 Å². The lowest BCUT2D eigenvalue weighted by Crippen LogP contribution is -2.15. The first-order chi connectivity index (χ1) is 13.4. The Bertz CT molecular complexity index is 1260. The fourth-order valence-electron chi connectivity index (χ4n) is 3.46. The van der Waals surface area contributed by atoms with E-state index in [2.05, 4.69) is 20.5 Å². The zero-order chi connectivity index (χ0) is 19.6. The molecule has 4 aromatic rings. The van der Waals surface area contributed by atoms with Crippen molar-refractivity contribution in [2.45, 2.75) is 19.5 Å². The fourth-order valence-corrected chi connectivity index (χ4v) is 3.46. The van der Waals surface area contributed by atoms with Crippen LogP contribution in [0.4, 0.5) is 19.0 Å². The summed E-state index contributed by atoms with van der Waals surface area (Å²) < 4.78 is 43.2. The third-order valence-corrected chi connectivity index (χ3v) is 5.07. The zero-order valence-electron chi connectivity index (χ0n) is 14.6. The largest absolute Gasteiger partial charge is 0.309 e. The molecule has 0 saturated heterocycles. The van der Waals surface area contributed by atoms with Crippen LogP contribution >= 0.6 is 0 Å². The smallest absolute Gasteiger partial charge is 0.231 e. The Morgan fingerprint density at radius 3 is 2.82 bits per heavy atom. The van der Waals surface area contributed by atoms with Crippen molar-refractivity contribution in [1.82, 2.24) is 19.6 Å². The normalized spacial score (nSPS) is 18.7. The van der Waals surface area contributed by atoms with Gasteiger partial charge in [-0.25, -0.2) is 18.2 Å². The van der Waals surface area contributed by atoms with Gasteiger partial charge < -0.3 is 9.72 Å². The maximum atomic E-state index is 14.3. The molecule has 2 N–H and O–H groups in total. The van der Waals surface area contributed by atoms with E-state index in [4.69, 9.17) is 0 Å². The van der Waals surface area contributed by atoms with Crippen molar-refractivity contribution in [3.63, 3.8) is 0 Å². The molecule has 1 aliphatic carbocycles. The molecule has 9 heteroatoms. The number of carbonyl (C=O) groups is 1. The van der Waals surface area contributed by atoms with Gasteiger partial charge in [-0.15, -0.1) is 0 Å². The topological polar surface area (TPSA) is 75.1 Å². The predicted molar refractivity (Wildman–Crippen MR) is 96.6 cm³/mol. The molecule has 6 nitrogen and oxygen atoms in total. The van der Waals surface area contributed by atoms with E-state index in [0.29, 0.717) is 28.0 Å². The van der Waals surface area contributed by atoms with Crippen LogP contribution in [0.25, 0.3) is 27.7 Å². The number of anilines is 1. The van der Waals surface area contributed by atoms with Crippen LogP contribution in [-0.2, 0) is 4.79 Å². The van der Waals surface area contributed by atoms with Crippen LogP contribution in [0.1, 0.15) is 12.0 Å². The van der Waals surface area contributed by atoms with E-state index >= 15 is 0 Å². The SMILES string of the molecule is Cc1c(F)c(F)c2[nH]ncc2c1-c1ccc2nc(NC(=O)[C@@H]3C[C@@H]3F)cn2c1. The number of carbonyl (C=O) groups excluding carboxylic acids is 1. The van der Waals surface area contributed by atoms with E-state index < -0.39 is 29.6 Å². The summed E-state index contributed by atoms with van der Waals surface area (Å²) in [5.41, 5.74) is 1.87. The Kier molecular flexibility index (Phi) is 3.49. The monoisotopic (exact) mass is 385 g/mol. The number of rotatable bonds is 3. The molecule has 3 heterocycles. The molecule has 0 spiro atoms. The second-order valence-corrected chi connectivity index (χ2v) is 6.94. The molecule has 142 valence electrons. The van der Waals surface area contributed by atoms with Gasteiger partial charge in [0, 0.05) is 17.1 Å². The van der Waals surface area contributed by atoms with E-state index in [1.54, 1.807) is 28.9 Å². The highest BCUT2D eigenvalue weighted by Crippen LogP contribution is 2.36. The Hall–Kier alpha value is -3.36. The van der Waals surface area contributed by atoms with Crippen molar-refractivity contribution >= 4 is 28.3 Å². The summed E-state index contributed by atoms with van der Waals surface area (Å²) in [7, 11) is 0. The van der Waals surface area contributed by atoms with E-state index in [9.17, 15) is 18.0 Å². The van der Waals surface area contributed by atoms with Crippen molar-refractivity contribution in [2.75, 3.05) is 5.32 Å². The average Bonchev–Trinajstić information content (AvgIpc) is 3.06. The maximum Gasteiger partial charge on any atom is 0.231 e. The molecule has 1 aliphatic rings. The second-order valence-electron chi connectivity index (χ2n) is 6.94. The second kappa shape index (κ2) is 5.82. The van der Waals surface area contributed by atoms with E-state index in [1.165, 1.54) is 13.1 Å². The molecule has 2 atom stereocenters. The molecule has 1 amide bonds. The minimum Gasteiger partial charge on any atom is -0.309 e. The van der Waals surface area contributed by atoms with Gasteiger partial charge in [0.1, 0.15) is 17.3 Å². The summed E-state index contributed by atoms with van der Waals surface area (Å²) in [6.07, 6.45) is 3.90. The predicted octanol–water partition coefficient (Wildman–Crippen LogP) is 3.76. The molecule has 5 rings (SSSR count). The molecular formula is C19H14F3N5O. The molecule has 28 heavy (non-hydrogen) atoms. The number of aromatic nitrogens is 4.